The van der Waals surface area contributed by atoms with Crippen molar-refractivity contribution in [3.8, 4) is 0 Å². The fourth-order valence-electron chi connectivity index (χ4n) is 1.94. The van der Waals surface area contributed by atoms with Crippen LogP contribution in [0.1, 0.15) is 43.0 Å². The fourth-order valence-corrected chi connectivity index (χ4v) is 1.94. The number of rotatable bonds is 2. The van der Waals surface area contributed by atoms with Gasteiger partial charge < -0.3 is 15.0 Å². The molecule has 0 amide bonds. The fraction of sp³-hybridized carbons (Fsp3) is 0.333. The van der Waals surface area contributed by atoms with Crippen LogP contribution in [0.2, 0.25) is 0 Å². The minimum atomic E-state index is -1.27. The van der Waals surface area contributed by atoms with Crippen LogP contribution in [0, 0.1) is 27.7 Å². The van der Waals surface area contributed by atoms with Crippen LogP contribution >= 0.6 is 0 Å². The molecule has 1 aromatic carbocycles. The van der Waals surface area contributed by atoms with Crippen molar-refractivity contribution in [2.45, 2.75) is 27.7 Å². The predicted molar refractivity (Wildman–Crippen MR) is 56.7 cm³/mol. The maximum Gasteiger partial charge on any atom is 0.336 e. The van der Waals surface area contributed by atoms with E-state index in [1.165, 1.54) is 0 Å². The van der Waals surface area contributed by atoms with E-state index in [9.17, 15) is 14.7 Å². The first-order valence-corrected chi connectivity index (χ1v) is 4.84. The van der Waals surface area contributed by atoms with Gasteiger partial charge in [0.25, 0.3) is 0 Å². The number of aromatic carboxylic acids is 2. The molecule has 4 heteroatoms. The molecule has 0 radical (unpaired) electrons. The van der Waals surface area contributed by atoms with Crippen molar-refractivity contribution in [1.82, 2.24) is 0 Å². The summed E-state index contributed by atoms with van der Waals surface area (Å²) in [4.78, 5) is 22.0. The minimum absolute atomic E-state index is 0.0972. The Kier molecular flexibility index (Phi) is 3.03. The lowest BCUT2D eigenvalue weighted by Gasteiger charge is -2.18. The number of hydrogen-bond acceptors (Lipinski definition) is 3. The van der Waals surface area contributed by atoms with Gasteiger partial charge in [0.05, 0.1) is 11.5 Å². The van der Waals surface area contributed by atoms with Crippen LogP contribution < -0.4 is 5.11 Å². The van der Waals surface area contributed by atoms with Crippen LogP contribution in [-0.2, 0) is 0 Å². The van der Waals surface area contributed by atoms with Crippen molar-refractivity contribution in [2.24, 2.45) is 0 Å². The Bertz CT molecular complexity index is 412. The molecule has 0 atom stereocenters. The van der Waals surface area contributed by atoms with Gasteiger partial charge in [0, 0.05) is 5.56 Å². The minimum Gasteiger partial charge on any atom is -0.545 e. The zero-order chi connectivity index (χ0) is 12.6. The first-order valence-electron chi connectivity index (χ1n) is 4.84. The summed E-state index contributed by atoms with van der Waals surface area (Å²) in [5, 5.41) is 20.0. The molecule has 0 fully saturated rings. The number of carboxylic acid groups (broad SMARTS) is 2. The molecule has 0 spiro atoms. The second-order valence-corrected chi connectivity index (χ2v) is 3.84. The SMILES string of the molecule is Cc1c(C)c(C(=O)O)c(C)c(C)c1C(=O)[O-]. The van der Waals surface area contributed by atoms with Gasteiger partial charge in [0.2, 0.25) is 0 Å². The highest BCUT2D eigenvalue weighted by Crippen LogP contribution is 2.26. The Labute approximate surface area is 93.5 Å². The van der Waals surface area contributed by atoms with Gasteiger partial charge in [0.1, 0.15) is 0 Å². The zero-order valence-corrected chi connectivity index (χ0v) is 9.67. The van der Waals surface area contributed by atoms with Gasteiger partial charge in [-0.15, -0.1) is 0 Å². The number of carbonyl (C=O) groups is 2. The molecule has 1 rings (SSSR count). The summed E-state index contributed by atoms with van der Waals surface area (Å²) < 4.78 is 0. The average molecular weight is 221 g/mol. The van der Waals surface area contributed by atoms with Gasteiger partial charge in [0.15, 0.2) is 0 Å². The topological polar surface area (TPSA) is 77.4 Å². The molecule has 0 aliphatic rings. The average Bonchev–Trinajstić information content (AvgIpc) is 2.14. The normalized spacial score (nSPS) is 10.2. The molecule has 0 bridgehead atoms. The lowest BCUT2D eigenvalue weighted by Crippen LogP contribution is -2.26. The standard InChI is InChI=1S/C12H14O4/c1-5-6(2)10(12(15)16)8(4)7(3)9(5)11(13)14/h1-4H3,(H,13,14)(H,15,16)/p-1. The Morgan fingerprint density at radius 3 is 1.44 bits per heavy atom. The summed E-state index contributed by atoms with van der Waals surface area (Å²) in [6.07, 6.45) is 0. The van der Waals surface area contributed by atoms with Crippen LogP contribution in [0.15, 0.2) is 0 Å². The van der Waals surface area contributed by atoms with Crippen LogP contribution in [0.3, 0.4) is 0 Å². The van der Waals surface area contributed by atoms with Crippen molar-refractivity contribution in [1.29, 1.82) is 0 Å². The van der Waals surface area contributed by atoms with E-state index >= 15 is 0 Å². The second-order valence-electron chi connectivity index (χ2n) is 3.84. The van der Waals surface area contributed by atoms with Crippen molar-refractivity contribution in [3.05, 3.63) is 33.4 Å². The lowest BCUT2D eigenvalue weighted by molar-refractivity contribution is -0.255. The summed E-state index contributed by atoms with van der Waals surface area (Å²) >= 11 is 0. The third kappa shape index (κ3) is 1.66. The molecule has 0 aromatic heterocycles. The van der Waals surface area contributed by atoms with Gasteiger partial charge in [-0.2, -0.15) is 0 Å². The molecule has 0 unspecified atom stereocenters. The first-order chi connectivity index (χ1) is 7.29. The first kappa shape index (κ1) is 12.2. The quantitative estimate of drug-likeness (QED) is 0.807. The third-order valence-corrected chi connectivity index (χ3v) is 3.04. The molecule has 0 saturated carbocycles. The molecule has 0 aliphatic heterocycles. The lowest BCUT2D eigenvalue weighted by atomic mass is 9.89. The Balaban J connectivity index is 3.77. The number of hydrogen-bond donors (Lipinski definition) is 1. The van der Waals surface area contributed by atoms with Crippen LogP contribution in [0.5, 0.6) is 0 Å². The molecule has 1 N–H and O–H groups in total. The maximum absolute atomic E-state index is 11.1. The van der Waals surface area contributed by atoms with Crippen LogP contribution in [0.25, 0.3) is 0 Å². The molecule has 0 heterocycles. The van der Waals surface area contributed by atoms with E-state index in [2.05, 4.69) is 0 Å². The van der Waals surface area contributed by atoms with Crippen LogP contribution in [0.4, 0.5) is 0 Å². The number of benzene rings is 1. The van der Waals surface area contributed by atoms with E-state index in [1.54, 1.807) is 27.7 Å². The summed E-state index contributed by atoms with van der Waals surface area (Å²) in [5.41, 5.74) is 2.16. The summed E-state index contributed by atoms with van der Waals surface area (Å²) in [6.45, 7) is 6.41. The summed E-state index contributed by atoms with van der Waals surface area (Å²) in [5.74, 6) is -2.30. The van der Waals surface area contributed by atoms with E-state index in [-0.39, 0.29) is 11.1 Å². The van der Waals surface area contributed by atoms with Gasteiger partial charge in [-0.25, -0.2) is 4.79 Å². The number of carbonyl (C=O) groups excluding carboxylic acids is 1. The van der Waals surface area contributed by atoms with E-state index < -0.39 is 11.9 Å². The molecule has 0 saturated heterocycles. The van der Waals surface area contributed by atoms with Gasteiger partial charge in [-0.1, -0.05) is 0 Å². The molecule has 4 nitrogen and oxygen atoms in total. The van der Waals surface area contributed by atoms with E-state index in [0.717, 1.165) is 0 Å². The number of carboxylic acids is 2. The van der Waals surface area contributed by atoms with E-state index in [1.807, 2.05) is 0 Å². The molecule has 16 heavy (non-hydrogen) atoms. The van der Waals surface area contributed by atoms with Gasteiger partial charge in [-0.3, -0.25) is 0 Å². The van der Waals surface area contributed by atoms with Gasteiger partial charge in [-0.05, 0) is 49.9 Å². The monoisotopic (exact) mass is 221 g/mol. The highest BCUT2D eigenvalue weighted by molar-refractivity contribution is 5.97. The van der Waals surface area contributed by atoms with Crippen molar-refractivity contribution >= 4 is 11.9 Å². The molecule has 0 aliphatic carbocycles. The van der Waals surface area contributed by atoms with Gasteiger partial charge >= 0.3 is 5.97 Å². The second kappa shape index (κ2) is 3.96. The van der Waals surface area contributed by atoms with E-state index in [4.69, 9.17) is 5.11 Å². The highest BCUT2D eigenvalue weighted by atomic mass is 16.4. The van der Waals surface area contributed by atoms with Crippen molar-refractivity contribution in [2.75, 3.05) is 0 Å². The maximum atomic E-state index is 11.1. The zero-order valence-electron chi connectivity index (χ0n) is 9.67. The highest BCUT2D eigenvalue weighted by Gasteiger charge is 2.19. The molecule has 86 valence electrons. The Morgan fingerprint density at radius 2 is 1.19 bits per heavy atom. The smallest absolute Gasteiger partial charge is 0.336 e. The largest absolute Gasteiger partial charge is 0.545 e. The van der Waals surface area contributed by atoms with Crippen molar-refractivity contribution < 1.29 is 19.8 Å². The predicted octanol–water partition coefficient (Wildman–Crippen LogP) is 0.982. The molecular weight excluding hydrogens is 208 g/mol. The Hall–Kier alpha value is -1.84. The third-order valence-electron chi connectivity index (χ3n) is 3.04. The summed E-state index contributed by atoms with van der Waals surface area (Å²) in [6, 6.07) is 0. The molecule has 1 aromatic rings. The molecular formula is C12H13O4-. The Morgan fingerprint density at radius 1 is 0.875 bits per heavy atom. The summed E-state index contributed by atoms with van der Waals surface area (Å²) in [7, 11) is 0. The van der Waals surface area contributed by atoms with Crippen molar-refractivity contribution in [3.63, 3.8) is 0 Å². The van der Waals surface area contributed by atoms with E-state index in [0.29, 0.717) is 22.3 Å². The van der Waals surface area contributed by atoms with Crippen LogP contribution in [-0.4, -0.2) is 17.0 Å².